The van der Waals surface area contributed by atoms with E-state index < -0.39 is 65.7 Å². The first-order valence-corrected chi connectivity index (χ1v) is 11.0. The molecule has 0 aliphatic rings. The van der Waals surface area contributed by atoms with Gasteiger partial charge in [-0.15, -0.1) is 0 Å². The maximum atomic E-state index is 12.7. The van der Waals surface area contributed by atoms with E-state index in [1.54, 1.807) is 0 Å². The topological polar surface area (TPSA) is 249 Å². The Labute approximate surface area is 198 Å². The molecule has 0 rings (SSSR count). The van der Waals surface area contributed by atoms with E-state index in [9.17, 15) is 33.9 Å². The first-order valence-electron chi connectivity index (χ1n) is 11.0. The molecule has 5 amide bonds. The first-order chi connectivity index (χ1) is 15.8. The Morgan fingerprint density at radius 1 is 0.735 bits per heavy atom. The lowest BCUT2D eigenvalue weighted by Crippen LogP contribution is -2.57. The summed E-state index contributed by atoms with van der Waals surface area (Å²) in [6.45, 7) is 4.61. The highest BCUT2D eigenvalue weighted by atomic mass is 16.4. The van der Waals surface area contributed by atoms with Crippen molar-refractivity contribution in [2.75, 3.05) is 6.54 Å². The standard InChI is InChI=1S/C20H37N7O7/c1-10(22)16(29)24-11(2)17(30)25-12(3)18(31)26-13(6-4-5-9-21)19(32)27-14(20(33)34)7-8-15(23)28/h10-14H,4-9,21-22H2,1-3H3,(H2,23,28)(H,24,29)(H,25,30)(H,26,31)(H,27,32)(H,33,34)/t10-,11-,12+,13+,14+/m1/s1. The minimum Gasteiger partial charge on any atom is -0.480 e. The van der Waals surface area contributed by atoms with Gasteiger partial charge in [0.2, 0.25) is 29.5 Å². The van der Waals surface area contributed by atoms with Gasteiger partial charge < -0.3 is 43.6 Å². The molecule has 11 N–H and O–H groups in total. The van der Waals surface area contributed by atoms with Gasteiger partial charge in [-0.1, -0.05) is 0 Å². The summed E-state index contributed by atoms with van der Waals surface area (Å²) < 4.78 is 0. The number of carbonyl (C=O) groups excluding carboxylic acids is 5. The third-order valence-corrected chi connectivity index (χ3v) is 4.79. The molecule has 14 nitrogen and oxygen atoms in total. The van der Waals surface area contributed by atoms with Crippen LogP contribution in [0.25, 0.3) is 0 Å². The third-order valence-electron chi connectivity index (χ3n) is 4.79. The van der Waals surface area contributed by atoms with E-state index in [0.717, 1.165) is 0 Å². The second kappa shape index (κ2) is 15.6. The quantitative estimate of drug-likeness (QED) is 0.102. The summed E-state index contributed by atoms with van der Waals surface area (Å²) in [7, 11) is 0. The second-order valence-corrected chi connectivity index (χ2v) is 8.00. The van der Waals surface area contributed by atoms with Crippen molar-refractivity contribution in [3.8, 4) is 0 Å². The summed E-state index contributed by atoms with van der Waals surface area (Å²) in [4.78, 5) is 71.5. The number of nitrogens with one attached hydrogen (secondary N) is 4. The summed E-state index contributed by atoms with van der Waals surface area (Å²) in [5, 5.41) is 18.9. The predicted octanol–water partition coefficient (Wildman–Crippen LogP) is -3.21. The second-order valence-electron chi connectivity index (χ2n) is 8.00. The zero-order valence-corrected chi connectivity index (χ0v) is 19.8. The molecule has 0 saturated heterocycles. The molecule has 14 heteroatoms. The minimum atomic E-state index is -1.37. The molecule has 0 heterocycles. The molecule has 5 atom stereocenters. The van der Waals surface area contributed by atoms with Crippen LogP contribution in [0.3, 0.4) is 0 Å². The number of hydrogen-bond donors (Lipinski definition) is 8. The van der Waals surface area contributed by atoms with Crippen LogP contribution < -0.4 is 38.5 Å². The maximum absolute atomic E-state index is 12.7. The summed E-state index contributed by atoms with van der Waals surface area (Å²) in [5.41, 5.74) is 15.9. The number of primary amides is 1. The largest absolute Gasteiger partial charge is 0.480 e. The molecule has 0 aromatic rings. The molecule has 0 saturated carbocycles. The van der Waals surface area contributed by atoms with E-state index >= 15 is 0 Å². The molecular weight excluding hydrogens is 450 g/mol. The van der Waals surface area contributed by atoms with Crippen LogP contribution in [0, 0.1) is 0 Å². The molecule has 0 fully saturated rings. The van der Waals surface area contributed by atoms with Crippen LogP contribution in [-0.2, 0) is 28.8 Å². The third kappa shape index (κ3) is 12.1. The molecule has 0 spiro atoms. The number of nitrogens with two attached hydrogens (primary N) is 3. The number of aliphatic carboxylic acids is 1. The normalized spacial score (nSPS) is 15.1. The summed E-state index contributed by atoms with van der Waals surface area (Å²) in [5.74, 6) is -4.72. The Hall–Kier alpha value is -3.26. The van der Waals surface area contributed by atoms with Gasteiger partial charge in [-0.2, -0.15) is 0 Å². The number of unbranched alkanes of at least 4 members (excludes halogenated alkanes) is 1. The maximum Gasteiger partial charge on any atom is 0.326 e. The smallest absolute Gasteiger partial charge is 0.326 e. The Bertz CT molecular complexity index is 745. The highest BCUT2D eigenvalue weighted by Gasteiger charge is 2.29. The number of rotatable bonds is 16. The number of carboxylic acid groups (broad SMARTS) is 1. The van der Waals surface area contributed by atoms with Crippen LogP contribution in [0.2, 0.25) is 0 Å². The number of carboxylic acids is 1. The van der Waals surface area contributed by atoms with Crippen molar-refractivity contribution in [1.82, 2.24) is 21.3 Å². The lowest BCUT2D eigenvalue weighted by Gasteiger charge is -2.24. The van der Waals surface area contributed by atoms with Crippen LogP contribution >= 0.6 is 0 Å². The van der Waals surface area contributed by atoms with Crippen LogP contribution in [-0.4, -0.2) is 77.4 Å². The zero-order valence-electron chi connectivity index (χ0n) is 19.8. The van der Waals surface area contributed by atoms with Crippen molar-refractivity contribution in [3.63, 3.8) is 0 Å². The van der Waals surface area contributed by atoms with E-state index in [4.69, 9.17) is 17.2 Å². The van der Waals surface area contributed by atoms with Crippen molar-refractivity contribution in [2.24, 2.45) is 17.2 Å². The lowest BCUT2D eigenvalue weighted by atomic mass is 10.1. The van der Waals surface area contributed by atoms with Gasteiger partial charge >= 0.3 is 5.97 Å². The molecular formula is C20H37N7O7. The molecule has 0 bridgehead atoms. The van der Waals surface area contributed by atoms with Gasteiger partial charge in [0.15, 0.2) is 0 Å². The van der Waals surface area contributed by atoms with Gasteiger partial charge in [0.25, 0.3) is 0 Å². The van der Waals surface area contributed by atoms with Gasteiger partial charge in [0.1, 0.15) is 24.2 Å². The van der Waals surface area contributed by atoms with Gasteiger partial charge in [0.05, 0.1) is 6.04 Å². The molecule has 0 radical (unpaired) electrons. The summed E-state index contributed by atoms with van der Waals surface area (Å²) in [6.07, 6.45) is 0.736. The van der Waals surface area contributed by atoms with Gasteiger partial charge in [-0.25, -0.2) is 4.79 Å². The molecule has 0 aliphatic carbocycles. The van der Waals surface area contributed by atoms with E-state index in [2.05, 4.69) is 21.3 Å². The molecule has 0 aliphatic heterocycles. The van der Waals surface area contributed by atoms with Crippen molar-refractivity contribution < 1.29 is 33.9 Å². The molecule has 34 heavy (non-hydrogen) atoms. The summed E-state index contributed by atoms with van der Waals surface area (Å²) >= 11 is 0. The highest BCUT2D eigenvalue weighted by molar-refractivity contribution is 5.95. The van der Waals surface area contributed by atoms with E-state index in [-0.39, 0.29) is 19.3 Å². The monoisotopic (exact) mass is 487 g/mol. The van der Waals surface area contributed by atoms with Crippen LogP contribution in [0.1, 0.15) is 52.9 Å². The molecule has 194 valence electrons. The van der Waals surface area contributed by atoms with Gasteiger partial charge in [-0.05, 0) is 53.0 Å². The molecule has 0 unspecified atom stereocenters. The average Bonchev–Trinajstić information content (AvgIpc) is 2.74. The first kappa shape index (κ1) is 30.7. The Balaban J connectivity index is 5.16. The molecule has 0 aromatic heterocycles. The van der Waals surface area contributed by atoms with Gasteiger partial charge in [-0.3, -0.25) is 24.0 Å². The van der Waals surface area contributed by atoms with Crippen molar-refractivity contribution in [1.29, 1.82) is 0 Å². The van der Waals surface area contributed by atoms with E-state index in [1.165, 1.54) is 20.8 Å². The van der Waals surface area contributed by atoms with Crippen molar-refractivity contribution in [2.45, 2.75) is 83.1 Å². The van der Waals surface area contributed by atoms with E-state index in [0.29, 0.717) is 19.4 Å². The van der Waals surface area contributed by atoms with Crippen LogP contribution in [0.15, 0.2) is 0 Å². The van der Waals surface area contributed by atoms with Crippen molar-refractivity contribution >= 4 is 35.5 Å². The Morgan fingerprint density at radius 2 is 1.24 bits per heavy atom. The minimum absolute atomic E-state index is 0.165. The Kier molecular flexibility index (Phi) is 14.1. The number of hydrogen-bond acceptors (Lipinski definition) is 8. The van der Waals surface area contributed by atoms with E-state index in [1.807, 2.05) is 0 Å². The van der Waals surface area contributed by atoms with Crippen LogP contribution in [0.4, 0.5) is 0 Å². The fourth-order valence-corrected chi connectivity index (χ4v) is 2.69. The molecule has 0 aromatic carbocycles. The zero-order chi connectivity index (χ0) is 26.4. The number of carbonyl (C=O) groups is 6. The fourth-order valence-electron chi connectivity index (χ4n) is 2.69. The predicted molar refractivity (Wildman–Crippen MR) is 122 cm³/mol. The SMILES string of the molecule is C[C@H](NC(=O)[C@@H](C)NC(=O)[C@@H](C)N)C(=O)N[C@@H](CCCCN)C(=O)N[C@@H](CCC(N)=O)C(=O)O. The highest BCUT2D eigenvalue weighted by Crippen LogP contribution is 2.05. The van der Waals surface area contributed by atoms with Crippen LogP contribution in [0.5, 0.6) is 0 Å². The lowest BCUT2D eigenvalue weighted by molar-refractivity contribution is -0.142. The number of amides is 5. The Morgan fingerprint density at radius 3 is 1.71 bits per heavy atom. The fraction of sp³-hybridized carbons (Fsp3) is 0.700. The van der Waals surface area contributed by atoms with Gasteiger partial charge in [0, 0.05) is 6.42 Å². The van der Waals surface area contributed by atoms with Crippen molar-refractivity contribution in [3.05, 3.63) is 0 Å². The summed E-state index contributed by atoms with van der Waals surface area (Å²) in [6, 6.07) is -5.33. The average molecular weight is 488 g/mol.